The Bertz CT molecular complexity index is 322. The zero-order valence-corrected chi connectivity index (χ0v) is 10.8. The van der Waals surface area contributed by atoms with Crippen LogP contribution in [-0.4, -0.2) is 24.3 Å². The minimum absolute atomic E-state index is 0.124. The third kappa shape index (κ3) is 7.07. The van der Waals surface area contributed by atoms with E-state index in [-0.39, 0.29) is 12.6 Å². The summed E-state index contributed by atoms with van der Waals surface area (Å²) in [5, 5.41) is 8.60. The van der Waals surface area contributed by atoms with Crippen LogP contribution in [0.1, 0.15) is 37.7 Å². The predicted molar refractivity (Wildman–Crippen MR) is 71.3 cm³/mol. The molecular formula is C15H22O3. The Balaban J connectivity index is 1.99. The van der Waals surface area contributed by atoms with Crippen molar-refractivity contribution in [3.05, 3.63) is 35.9 Å². The van der Waals surface area contributed by atoms with Crippen LogP contribution in [0.5, 0.6) is 0 Å². The molecule has 3 nitrogen and oxygen atoms in total. The lowest BCUT2D eigenvalue weighted by atomic mass is 10.1. The van der Waals surface area contributed by atoms with Crippen molar-refractivity contribution in [2.75, 3.05) is 13.2 Å². The van der Waals surface area contributed by atoms with E-state index in [4.69, 9.17) is 9.84 Å². The van der Waals surface area contributed by atoms with Gasteiger partial charge in [-0.1, -0.05) is 36.8 Å². The highest BCUT2D eigenvalue weighted by molar-refractivity contribution is 5.69. The average molecular weight is 250 g/mol. The number of rotatable bonds is 9. The monoisotopic (exact) mass is 250 g/mol. The predicted octanol–water partition coefficient (Wildman–Crippen LogP) is 2.72. The summed E-state index contributed by atoms with van der Waals surface area (Å²) in [6, 6.07) is 10.2. The van der Waals surface area contributed by atoms with Crippen molar-refractivity contribution in [2.24, 2.45) is 0 Å². The largest absolute Gasteiger partial charge is 0.466 e. The molecule has 0 aliphatic rings. The summed E-state index contributed by atoms with van der Waals surface area (Å²) in [5.74, 6) is -0.124. The van der Waals surface area contributed by atoms with Crippen molar-refractivity contribution >= 4 is 5.97 Å². The lowest BCUT2D eigenvalue weighted by molar-refractivity contribution is -0.143. The van der Waals surface area contributed by atoms with Crippen molar-refractivity contribution in [1.29, 1.82) is 0 Å². The van der Waals surface area contributed by atoms with Crippen LogP contribution < -0.4 is 0 Å². The van der Waals surface area contributed by atoms with Gasteiger partial charge in [0.15, 0.2) is 0 Å². The maximum Gasteiger partial charge on any atom is 0.305 e. The van der Waals surface area contributed by atoms with E-state index in [0.717, 1.165) is 32.1 Å². The summed E-state index contributed by atoms with van der Waals surface area (Å²) in [6.45, 7) is 0.694. The van der Waals surface area contributed by atoms with Gasteiger partial charge in [-0.2, -0.15) is 0 Å². The molecule has 0 bridgehead atoms. The highest BCUT2D eigenvalue weighted by Crippen LogP contribution is 2.04. The van der Waals surface area contributed by atoms with E-state index in [2.05, 4.69) is 12.1 Å². The third-order valence-corrected chi connectivity index (χ3v) is 2.75. The van der Waals surface area contributed by atoms with Crippen molar-refractivity contribution in [3.8, 4) is 0 Å². The van der Waals surface area contributed by atoms with Gasteiger partial charge >= 0.3 is 5.97 Å². The highest BCUT2D eigenvalue weighted by atomic mass is 16.5. The molecule has 18 heavy (non-hydrogen) atoms. The number of unbranched alkanes of at least 4 members (excludes halogenated alkanes) is 2. The maximum atomic E-state index is 11.3. The third-order valence-electron chi connectivity index (χ3n) is 2.75. The Morgan fingerprint density at radius 1 is 1.06 bits per heavy atom. The summed E-state index contributed by atoms with van der Waals surface area (Å²) in [6.07, 6.45) is 4.73. The summed E-state index contributed by atoms with van der Waals surface area (Å²) in [4.78, 5) is 11.3. The average Bonchev–Trinajstić information content (AvgIpc) is 2.41. The van der Waals surface area contributed by atoms with Crippen molar-refractivity contribution < 1.29 is 14.6 Å². The SMILES string of the molecule is O=C(CCCCCO)OCCCc1ccccc1. The van der Waals surface area contributed by atoms with Gasteiger partial charge in [0, 0.05) is 13.0 Å². The Morgan fingerprint density at radius 2 is 1.83 bits per heavy atom. The van der Waals surface area contributed by atoms with Gasteiger partial charge in [-0.15, -0.1) is 0 Å². The molecule has 0 saturated carbocycles. The number of carbonyl (C=O) groups is 1. The molecule has 1 aromatic carbocycles. The Labute approximate surface area is 109 Å². The molecule has 0 aromatic heterocycles. The second-order valence-electron chi connectivity index (χ2n) is 4.34. The van der Waals surface area contributed by atoms with Crippen molar-refractivity contribution in [1.82, 2.24) is 0 Å². The van der Waals surface area contributed by atoms with Crippen molar-refractivity contribution in [3.63, 3.8) is 0 Å². The minimum Gasteiger partial charge on any atom is -0.466 e. The van der Waals surface area contributed by atoms with Gasteiger partial charge in [0.25, 0.3) is 0 Å². The first kappa shape index (κ1) is 14.7. The zero-order valence-electron chi connectivity index (χ0n) is 10.8. The highest BCUT2D eigenvalue weighted by Gasteiger charge is 2.02. The molecule has 0 spiro atoms. The number of aliphatic hydroxyl groups is 1. The lowest BCUT2D eigenvalue weighted by Gasteiger charge is -2.04. The van der Waals surface area contributed by atoms with Gasteiger partial charge < -0.3 is 9.84 Å². The Morgan fingerprint density at radius 3 is 2.56 bits per heavy atom. The van der Waals surface area contributed by atoms with Crippen LogP contribution in [0, 0.1) is 0 Å². The van der Waals surface area contributed by atoms with E-state index in [9.17, 15) is 4.79 Å². The Kier molecular flexibility index (Phi) is 7.89. The van der Waals surface area contributed by atoms with Gasteiger partial charge in [0.2, 0.25) is 0 Å². The summed E-state index contributed by atoms with van der Waals surface area (Å²) >= 11 is 0. The maximum absolute atomic E-state index is 11.3. The van der Waals surface area contributed by atoms with Crippen molar-refractivity contribution in [2.45, 2.75) is 38.5 Å². The fraction of sp³-hybridized carbons (Fsp3) is 0.533. The second-order valence-corrected chi connectivity index (χ2v) is 4.34. The first-order chi connectivity index (χ1) is 8.83. The van der Waals surface area contributed by atoms with Crippen LogP contribution in [0.25, 0.3) is 0 Å². The van der Waals surface area contributed by atoms with E-state index in [1.54, 1.807) is 0 Å². The molecule has 1 N–H and O–H groups in total. The van der Waals surface area contributed by atoms with Crippen LogP contribution in [0.3, 0.4) is 0 Å². The smallest absolute Gasteiger partial charge is 0.305 e. The molecule has 0 fully saturated rings. The van der Waals surface area contributed by atoms with Crippen LogP contribution in [0.15, 0.2) is 30.3 Å². The molecule has 0 aliphatic heterocycles. The molecule has 0 atom stereocenters. The molecule has 0 heterocycles. The fourth-order valence-corrected chi connectivity index (χ4v) is 1.74. The molecule has 0 radical (unpaired) electrons. The zero-order chi connectivity index (χ0) is 13.1. The quantitative estimate of drug-likeness (QED) is 0.541. The number of hydrogen-bond acceptors (Lipinski definition) is 3. The van der Waals surface area contributed by atoms with Gasteiger partial charge in [0.1, 0.15) is 0 Å². The number of carbonyl (C=O) groups excluding carboxylic acids is 1. The van der Waals surface area contributed by atoms with E-state index >= 15 is 0 Å². The van der Waals surface area contributed by atoms with Gasteiger partial charge in [-0.25, -0.2) is 0 Å². The number of benzene rings is 1. The number of esters is 1. The van der Waals surface area contributed by atoms with E-state index in [1.165, 1.54) is 5.56 Å². The van der Waals surface area contributed by atoms with Gasteiger partial charge in [-0.3, -0.25) is 4.79 Å². The lowest BCUT2D eigenvalue weighted by Crippen LogP contribution is -2.06. The normalized spacial score (nSPS) is 10.3. The first-order valence-electron chi connectivity index (χ1n) is 6.63. The second kappa shape index (κ2) is 9.66. The van der Waals surface area contributed by atoms with Gasteiger partial charge in [-0.05, 0) is 31.2 Å². The summed E-state index contributed by atoms with van der Waals surface area (Å²) < 4.78 is 5.14. The fourth-order valence-electron chi connectivity index (χ4n) is 1.74. The molecule has 1 aromatic rings. The number of ether oxygens (including phenoxy) is 1. The number of aryl methyl sites for hydroxylation is 1. The summed E-state index contributed by atoms with van der Waals surface area (Å²) in [7, 11) is 0. The first-order valence-corrected chi connectivity index (χ1v) is 6.63. The standard InChI is InChI=1S/C15H22O3/c16-12-6-2-5-11-15(17)18-13-7-10-14-8-3-1-4-9-14/h1,3-4,8-9,16H,2,5-7,10-13H2. The van der Waals surface area contributed by atoms with E-state index in [0.29, 0.717) is 13.0 Å². The molecule has 0 aliphatic carbocycles. The molecule has 100 valence electrons. The minimum atomic E-state index is -0.124. The van der Waals surface area contributed by atoms with Crippen LogP contribution >= 0.6 is 0 Å². The van der Waals surface area contributed by atoms with E-state index < -0.39 is 0 Å². The van der Waals surface area contributed by atoms with Crippen LogP contribution in [0.2, 0.25) is 0 Å². The molecule has 0 unspecified atom stereocenters. The van der Waals surface area contributed by atoms with Crippen LogP contribution in [-0.2, 0) is 16.0 Å². The van der Waals surface area contributed by atoms with E-state index in [1.807, 2.05) is 18.2 Å². The molecule has 0 amide bonds. The molecular weight excluding hydrogens is 228 g/mol. The summed E-state index contributed by atoms with van der Waals surface area (Å²) in [5.41, 5.74) is 1.27. The number of hydrogen-bond donors (Lipinski definition) is 1. The molecule has 1 rings (SSSR count). The van der Waals surface area contributed by atoms with Gasteiger partial charge in [0.05, 0.1) is 6.61 Å². The topological polar surface area (TPSA) is 46.5 Å². The van der Waals surface area contributed by atoms with Crippen LogP contribution in [0.4, 0.5) is 0 Å². The molecule has 3 heteroatoms. The molecule has 0 saturated heterocycles. The number of aliphatic hydroxyl groups excluding tert-OH is 1. The Hall–Kier alpha value is -1.35.